The normalized spacial score (nSPS) is 18.2. The first-order chi connectivity index (χ1) is 8.90. The van der Waals surface area contributed by atoms with Gasteiger partial charge in [0.1, 0.15) is 24.1 Å². The van der Waals surface area contributed by atoms with Gasteiger partial charge < -0.3 is 25.4 Å². The number of aliphatic hydroxyl groups excluding tert-OH is 4. The van der Waals surface area contributed by atoms with Crippen molar-refractivity contribution in [3.05, 3.63) is 28.5 Å². The molecule has 5 N–H and O–H groups in total. The third-order valence-electron chi connectivity index (χ3n) is 2.91. The number of nitrogens with zero attached hydrogens (tertiary/aromatic N) is 1. The van der Waals surface area contributed by atoms with Crippen LogP contribution in [0.25, 0.3) is 11.0 Å². The Balaban J connectivity index is 2.28. The summed E-state index contributed by atoms with van der Waals surface area (Å²) in [6.45, 7) is 1.33. The van der Waals surface area contributed by atoms with E-state index < -0.39 is 24.4 Å². The average molecular weight is 331 g/mol. The minimum Gasteiger partial charge on any atom is -0.391 e. The quantitative estimate of drug-likeness (QED) is 0.559. The van der Waals surface area contributed by atoms with E-state index in [2.05, 4.69) is 25.9 Å². The Kier molecular flexibility index (Phi) is 4.22. The molecule has 0 aliphatic heterocycles. The summed E-state index contributed by atoms with van der Waals surface area (Å²) in [6.07, 6.45) is -5.53. The van der Waals surface area contributed by atoms with Crippen molar-refractivity contribution in [2.45, 2.75) is 31.3 Å². The summed E-state index contributed by atoms with van der Waals surface area (Å²) in [6, 6.07) is 5.36. The minimum absolute atomic E-state index is 0.139. The van der Waals surface area contributed by atoms with Gasteiger partial charge >= 0.3 is 0 Å². The Morgan fingerprint density at radius 3 is 2.47 bits per heavy atom. The molecule has 19 heavy (non-hydrogen) atoms. The lowest BCUT2D eigenvalue weighted by Crippen LogP contribution is -2.39. The average Bonchev–Trinajstić information content (AvgIpc) is 2.78. The number of benzene rings is 1. The van der Waals surface area contributed by atoms with Crippen LogP contribution in [0.4, 0.5) is 0 Å². The predicted octanol–water partition coefficient (Wildman–Crippen LogP) is 0.461. The first-order valence-corrected chi connectivity index (χ1v) is 6.57. The zero-order valence-corrected chi connectivity index (χ0v) is 11.7. The fourth-order valence-corrected chi connectivity index (χ4v) is 2.12. The number of hydrogen-bond donors (Lipinski definition) is 5. The third-order valence-corrected chi connectivity index (χ3v) is 3.40. The van der Waals surface area contributed by atoms with Crippen molar-refractivity contribution in [3.63, 3.8) is 0 Å². The number of halogens is 1. The zero-order valence-electron chi connectivity index (χ0n) is 10.2. The lowest BCUT2D eigenvalue weighted by Gasteiger charge is -2.23. The van der Waals surface area contributed by atoms with Crippen LogP contribution in [0.5, 0.6) is 0 Å². The molecule has 0 amide bonds. The van der Waals surface area contributed by atoms with Gasteiger partial charge in [-0.25, -0.2) is 4.98 Å². The van der Waals surface area contributed by atoms with E-state index in [1.54, 1.807) is 12.1 Å². The van der Waals surface area contributed by atoms with Crippen molar-refractivity contribution in [3.8, 4) is 0 Å². The van der Waals surface area contributed by atoms with E-state index in [1.807, 2.05) is 6.07 Å². The van der Waals surface area contributed by atoms with E-state index in [0.29, 0.717) is 11.0 Å². The Hall–Kier alpha value is -0.990. The van der Waals surface area contributed by atoms with Crippen molar-refractivity contribution in [1.29, 1.82) is 0 Å². The van der Waals surface area contributed by atoms with E-state index in [-0.39, 0.29) is 5.82 Å². The smallest absolute Gasteiger partial charge is 0.140 e. The summed E-state index contributed by atoms with van der Waals surface area (Å²) in [5.74, 6) is 0.139. The summed E-state index contributed by atoms with van der Waals surface area (Å²) >= 11 is 3.31. The van der Waals surface area contributed by atoms with E-state index in [1.165, 1.54) is 6.92 Å². The van der Waals surface area contributed by atoms with E-state index >= 15 is 0 Å². The van der Waals surface area contributed by atoms with Gasteiger partial charge in [-0.05, 0) is 25.1 Å². The standard InChI is InChI=1S/C12H15BrN2O4/c1-5(16)9(17)10(18)11(19)12-14-7-3-2-6(13)4-8(7)15-12/h2-5,9-11,16-19H,1H3,(H,14,15)/t5?,9?,10?,11-/m0/s1. The van der Waals surface area contributed by atoms with Crippen molar-refractivity contribution in [2.24, 2.45) is 0 Å². The molecule has 0 radical (unpaired) electrons. The zero-order chi connectivity index (χ0) is 14.2. The van der Waals surface area contributed by atoms with Crippen LogP contribution in [0.1, 0.15) is 18.9 Å². The molecular formula is C12H15BrN2O4. The molecule has 1 aromatic carbocycles. The topological polar surface area (TPSA) is 110 Å². The second-order valence-electron chi connectivity index (χ2n) is 4.45. The highest BCUT2D eigenvalue weighted by molar-refractivity contribution is 9.10. The molecule has 6 nitrogen and oxygen atoms in total. The van der Waals surface area contributed by atoms with Crippen LogP contribution >= 0.6 is 15.9 Å². The molecule has 0 bridgehead atoms. The molecule has 2 rings (SSSR count). The highest BCUT2D eigenvalue weighted by atomic mass is 79.9. The van der Waals surface area contributed by atoms with Gasteiger partial charge in [-0.1, -0.05) is 15.9 Å². The number of H-pyrrole nitrogens is 1. The molecule has 104 valence electrons. The molecule has 2 aromatic rings. The minimum atomic E-state index is -1.52. The van der Waals surface area contributed by atoms with Crippen molar-refractivity contribution in [2.75, 3.05) is 0 Å². The van der Waals surface area contributed by atoms with Crippen LogP contribution < -0.4 is 0 Å². The van der Waals surface area contributed by atoms with Gasteiger partial charge in [0.25, 0.3) is 0 Å². The molecule has 7 heteroatoms. The second kappa shape index (κ2) is 5.56. The maximum atomic E-state index is 9.95. The third kappa shape index (κ3) is 2.96. The number of rotatable bonds is 4. The second-order valence-corrected chi connectivity index (χ2v) is 5.37. The van der Waals surface area contributed by atoms with Gasteiger partial charge in [0, 0.05) is 4.47 Å². The summed E-state index contributed by atoms with van der Waals surface area (Å²) in [5, 5.41) is 38.5. The van der Waals surface area contributed by atoms with Crippen LogP contribution in [0.3, 0.4) is 0 Å². The summed E-state index contributed by atoms with van der Waals surface area (Å²) < 4.78 is 0.845. The fraction of sp³-hybridized carbons (Fsp3) is 0.417. The van der Waals surface area contributed by atoms with Crippen LogP contribution in [0.15, 0.2) is 22.7 Å². The van der Waals surface area contributed by atoms with Crippen molar-refractivity contribution < 1.29 is 20.4 Å². The highest BCUT2D eigenvalue weighted by Gasteiger charge is 2.30. The number of imidazole rings is 1. The monoisotopic (exact) mass is 330 g/mol. The lowest BCUT2D eigenvalue weighted by atomic mass is 10.0. The molecule has 4 atom stereocenters. The Labute approximate surface area is 117 Å². The van der Waals surface area contributed by atoms with Crippen LogP contribution in [0.2, 0.25) is 0 Å². The summed E-state index contributed by atoms with van der Waals surface area (Å²) in [4.78, 5) is 7.01. The predicted molar refractivity (Wildman–Crippen MR) is 72.4 cm³/mol. The van der Waals surface area contributed by atoms with Crippen LogP contribution in [-0.2, 0) is 0 Å². The fourth-order valence-electron chi connectivity index (χ4n) is 1.77. The number of hydrogen-bond acceptors (Lipinski definition) is 5. The number of aliphatic hydroxyl groups is 4. The molecule has 0 saturated carbocycles. The molecule has 1 aromatic heterocycles. The number of aromatic amines is 1. The molecule has 0 aliphatic carbocycles. The van der Waals surface area contributed by atoms with Crippen molar-refractivity contribution in [1.82, 2.24) is 9.97 Å². The molecule has 0 aliphatic rings. The van der Waals surface area contributed by atoms with E-state index in [0.717, 1.165) is 4.47 Å². The molecule has 0 spiro atoms. The Morgan fingerprint density at radius 2 is 1.84 bits per heavy atom. The van der Waals surface area contributed by atoms with Crippen LogP contribution in [0, 0.1) is 0 Å². The van der Waals surface area contributed by atoms with Crippen LogP contribution in [-0.4, -0.2) is 48.7 Å². The van der Waals surface area contributed by atoms with Gasteiger partial charge in [-0.3, -0.25) is 0 Å². The first-order valence-electron chi connectivity index (χ1n) is 5.77. The van der Waals surface area contributed by atoms with E-state index in [9.17, 15) is 20.4 Å². The maximum Gasteiger partial charge on any atom is 0.140 e. The van der Waals surface area contributed by atoms with Gasteiger partial charge in [-0.15, -0.1) is 0 Å². The number of aromatic nitrogens is 2. The SMILES string of the molecule is CC(O)C(O)C(O)[C@H](O)c1nc2cc(Br)ccc2[nH]1. The van der Waals surface area contributed by atoms with Crippen molar-refractivity contribution >= 4 is 27.0 Å². The van der Waals surface area contributed by atoms with Gasteiger partial charge in [0.05, 0.1) is 17.1 Å². The first kappa shape index (κ1) is 14.4. The lowest BCUT2D eigenvalue weighted by molar-refractivity contribution is -0.103. The number of nitrogens with one attached hydrogen (secondary N) is 1. The summed E-state index contributed by atoms with van der Waals surface area (Å²) in [7, 11) is 0. The molecule has 0 saturated heterocycles. The Morgan fingerprint density at radius 1 is 1.16 bits per heavy atom. The van der Waals surface area contributed by atoms with Gasteiger partial charge in [0.15, 0.2) is 0 Å². The maximum absolute atomic E-state index is 9.95. The molecule has 1 heterocycles. The molecule has 3 unspecified atom stereocenters. The largest absolute Gasteiger partial charge is 0.391 e. The van der Waals surface area contributed by atoms with E-state index in [4.69, 9.17) is 0 Å². The highest BCUT2D eigenvalue weighted by Crippen LogP contribution is 2.23. The molecule has 0 fully saturated rings. The molecular weight excluding hydrogens is 316 g/mol. The Bertz CT molecular complexity index is 572. The van der Waals surface area contributed by atoms with Gasteiger partial charge in [0.2, 0.25) is 0 Å². The van der Waals surface area contributed by atoms with Gasteiger partial charge in [-0.2, -0.15) is 0 Å². The summed E-state index contributed by atoms with van der Waals surface area (Å²) in [5.41, 5.74) is 1.33. The number of fused-ring (bicyclic) bond motifs is 1.